The number of ether oxygens (including phenoxy) is 1. The summed E-state index contributed by atoms with van der Waals surface area (Å²) in [5, 5.41) is 7.45. The van der Waals surface area contributed by atoms with Gasteiger partial charge in [0.05, 0.1) is 24.2 Å². The predicted octanol–water partition coefficient (Wildman–Crippen LogP) is 3.16. The van der Waals surface area contributed by atoms with Crippen molar-refractivity contribution in [2.24, 2.45) is 0 Å². The van der Waals surface area contributed by atoms with Gasteiger partial charge in [-0.1, -0.05) is 19.3 Å². The van der Waals surface area contributed by atoms with E-state index in [1.807, 2.05) is 24.0 Å². The molecule has 9 nitrogen and oxygen atoms in total. The number of amides is 3. The number of rotatable bonds is 5. The van der Waals surface area contributed by atoms with Crippen LogP contribution in [0.1, 0.15) is 65.4 Å². The quantitative estimate of drug-likeness (QED) is 0.682. The van der Waals surface area contributed by atoms with Crippen molar-refractivity contribution in [3.8, 4) is 5.69 Å². The van der Waals surface area contributed by atoms with Crippen molar-refractivity contribution in [1.29, 1.82) is 0 Å². The molecule has 2 fully saturated rings. The third kappa shape index (κ3) is 5.24. The topological polar surface area (TPSA) is 96.8 Å². The molecule has 4 rings (SSSR count). The normalized spacial score (nSPS) is 16.9. The smallest absolute Gasteiger partial charge is 0.341 e. The highest BCUT2D eigenvalue weighted by Crippen LogP contribution is 2.19. The molecule has 0 radical (unpaired) electrons. The zero-order valence-electron chi connectivity index (χ0n) is 20.0. The first-order valence-electron chi connectivity index (χ1n) is 12.1. The van der Waals surface area contributed by atoms with Gasteiger partial charge in [-0.05, 0) is 51.0 Å². The molecule has 1 aliphatic carbocycles. The summed E-state index contributed by atoms with van der Waals surface area (Å²) < 4.78 is 6.72. The Bertz CT molecular complexity index is 1020. The fourth-order valence-corrected chi connectivity index (χ4v) is 4.63. The Morgan fingerprint density at radius 2 is 1.65 bits per heavy atom. The first-order chi connectivity index (χ1) is 16.5. The maximum absolute atomic E-state index is 13.0. The minimum Gasteiger partial charge on any atom is -0.462 e. The molecule has 9 heteroatoms. The average molecular weight is 468 g/mol. The van der Waals surface area contributed by atoms with Crippen LogP contribution in [0.25, 0.3) is 5.69 Å². The third-order valence-corrected chi connectivity index (χ3v) is 6.65. The van der Waals surface area contributed by atoms with E-state index in [-0.39, 0.29) is 18.0 Å². The summed E-state index contributed by atoms with van der Waals surface area (Å²) in [6, 6.07) is 7.44. The Labute approximate surface area is 200 Å². The molecule has 1 saturated heterocycles. The zero-order valence-corrected chi connectivity index (χ0v) is 20.0. The van der Waals surface area contributed by atoms with E-state index in [1.54, 1.807) is 28.6 Å². The lowest BCUT2D eigenvalue weighted by Crippen LogP contribution is -2.54. The van der Waals surface area contributed by atoms with E-state index in [9.17, 15) is 14.4 Å². The van der Waals surface area contributed by atoms with Gasteiger partial charge in [-0.2, -0.15) is 5.10 Å². The largest absolute Gasteiger partial charge is 0.462 e. The van der Waals surface area contributed by atoms with Gasteiger partial charge in [-0.25, -0.2) is 14.3 Å². The van der Waals surface area contributed by atoms with Gasteiger partial charge in [0.2, 0.25) is 0 Å². The molecule has 2 aromatic rings. The fourth-order valence-electron chi connectivity index (χ4n) is 4.63. The second-order valence-electron chi connectivity index (χ2n) is 8.89. The van der Waals surface area contributed by atoms with Gasteiger partial charge in [0.25, 0.3) is 5.91 Å². The molecule has 0 spiro atoms. The number of esters is 1. The Balaban J connectivity index is 1.33. The Morgan fingerprint density at radius 3 is 2.29 bits per heavy atom. The summed E-state index contributed by atoms with van der Waals surface area (Å²) in [4.78, 5) is 41.2. The molecule has 1 N–H and O–H groups in total. The predicted molar refractivity (Wildman–Crippen MR) is 127 cm³/mol. The van der Waals surface area contributed by atoms with E-state index in [4.69, 9.17) is 4.74 Å². The van der Waals surface area contributed by atoms with Gasteiger partial charge in [-0.3, -0.25) is 4.79 Å². The van der Waals surface area contributed by atoms with E-state index in [0.29, 0.717) is 49.6 Å². The average Bonchev–Trinajstić information content (AvgIpc) is 3.26. The molecule has 0 unspecified atom stereocenters. The minimum absolute atomic E-state index is 0.0138. The fraction of sp³-hybridized carbons (Fsp3) is 0.520. The van der Waals surface area contributed by atoms with Gasteiger partial charge in [0.1, 0.15) is 5.56 Å². The molecule has 2 aliphatic rings. The summed E-state index contributed by atoms with van der Waals surface area (Å²) in [6.45, 7) is 5.97. The van der Waals surface area contributed by atoms with Crippen LogP contribution in [0, 0.1) is 6.92 Å². The summed E-state index contributed by atoms with van der Waals surface area (Å²) in [5.74, 6) is -0.451. The second-order valence-corrected chi connectivity index (χ2v) is 8.89. The van der Waals surface area contributed by atoms with Crippen LogP contribution >= 0.6 is 0 Å². The first-order valence-corrected chi connectivity index (χ1v) is 12.1. The van der Waals surface area contributed by atoms with Crippen LogP contribution in [-0.2, 0) is 4.74 Å². The van der Waals surface area contributed by atoms with Crippen LogP contribution in [0.3, 0.4) is 0 Å². The van der Waals surface area contributed by atoms with Crippen molar-refractivity contribution in [2.45, 2.75) is 52.0 Å². The van der Waals surface area contributed by atoms with Gasteiger partial charge in [0, 0.05) is 37.8 Å². The van der Waals surface area contributed by atoms with Crippen molar-refractivity contribution in [3.05, 3.63) is 47.3 Å². The van der Waals surface area contributed by atoms with Crippen LogP contribution in [0.15, 0.2) is 30.5 Å². The molecule has 34 heavy (non-hydrogen) atoms. The number of piperazine rings is 1. The van der Waals surface area contributed by atoms with Crippen LogP contribution in [-0.4, -0.2) is 76.3 Å². The third-order valence-electron chi connectivity index (χ3n) is 6.65. The molecule has 1 aliphatic heterocycles. The molecule has 1 saturated carbocycles. The summed E-state index contributed by atoms with van der Waals surface area (Å²) in [7, 11) is 0. The summed E-state index contributed by atoms with van der Waals surface area (Å²) >= 11 is 0. The molecule has 0 bridgehead atoms. The number of urea groups is 1. The van der Waals surface area contributed by atoms with Crippen molar-refractivity contribution >= 4 is 17.9 Å². The highest BCUT2D eigenvalue weighted by Gasteiger charge is 2.26. The maximum atomic E-state index is 13.0. The molecule has 182 valence electrons. The lowest BCUT2D eigenvalue weighted by molar-refractivity contribution is 0.0525. The van der Waals surface area contributed by atoms with E-state index in [2.05, 4.69) is 10.4 Å². The number of hydrogen-bond acceptors (Lipinski definition) is 5. The first kappa shape index (κ1) is 23.8. The Kier molecular flexibility index (Phi) is 7.49. The number of aromatic nitrogens is 2. The van der Waals surface area contributed by atoms with Crippen molar-refractivity contribution in [3.63, 3.8) is 0 Å². The van der Waals surface area contributed by atoms with Crippen LogP contribution in [0.2, 0.25) is 0 Å². The van der Waals surface area contributed by atoms with Crippen molar-refractivity contribution in [1.82, 2.24) is 24.9 Å². The number of carbonyl (C=O) groups excluding carboxylic acids is 3. The summed E-state index contributed by atoms with van der Waals surface area (Å²) in [6.07, 6.45) is 7.22. The molecule has 1 aromatic heterocycles. The van der Waals surface area contributed by atoms with E-state index < -0.39 is 5.97 Å². The SMILES string of the molecule is CCOC(=O)c1cnn(-c2ccc(C(=O)N3CCN(C(=O)NC4CCCCC4)CC3)cc2)c1C. The standard InChI is InChI=1S/C25H33N5O4/c1-3-34-24(32)22-17-26-30(18(22)2)21-11-9-19(10-12-21)23(31)28-13-15-29(16-14-28)25(33)27-20-7-5-4-6-8-20/h9-12,17,20H,3-8,13-16H2,1-2H3,(H,27,33). The number of hydrogen-bond donors (Lipinski definition) is 1. The number of nitrogens with zero attached hydrogens (tertiary/aromatic N) is 4. The van der Waals surface area contributed by atoms with Gasteiger partial charge < -0.3 is 19.9 Å². The lowest BCUT2D eigenvalue weighted by atomic mass is 9.96. The molecule has 0 atom stereocenters. The Hall–Kier alpha value is -3.36. The molecule has 3 amide bonds. The van der Waals surface area contributed by atoms with Crippen LogP contribution in [0.4, 0.5) is 4.79 Å². The molecular weight excluding hydrogens is 434 g/mol. The van der Waals surface area contributed by atoms with Gasteiger partial charge in [0.15, 0.2) is 0 Å². The number of nitrogens with one attached hydrogen (secondary N) is 1. The summed E-state index contributed by atoms with van der Waals surface area (Å²) in [5.41, 5.74) is 2.45. The van der Waals surface area contributed by atoms with E-state index in [1.165, 1.54) is 25.5 Å². The second kappa shape index (κ2) is 10.7. The zero-order chi connectivity index (χ0) is 24.1. The van der Waals surface area contributed by atoms with Crippen LogP contribution < -0.4 is 5.32 Å². The monoisotopic (exact) mass is 467 g/mol. The highest BCUT2D eigenvalue weighted by atomic mass is 16.5. The number of carbonyl (C=O) groups is 3. The minimum atomic E-state index is -0.399. The van der Waals surface area contributed by atoms with Crippen molar-refractivity contribution < 1.29 is 19.1 Å². The molecule has 2 heterocycles. The van der Waals surface area contributed by atoms with E-state index >= 15 is 0 Å². The maximum Gasteiger partial charge on any atom is 0.341 e. The molecule has 1 aromatic carbocycles. The van der Waals surface area contributed by atoms with Gasteiger partial charge in [-0.15, -0.1) is 0 Å². The number of benzene rings is 1. The highest BCUT2D eigenvalue weighted by molar-refractivity contribution is 5.94. The Morgan fingerprint density at radius 1 is 1.00 bits per heavy atom. The lowest BCUT2D eigenvalue weighted by Gasteiger charge is -2.36. The van der Waals surface area contributed by atoms with Crippen LogP contribution in [0.5, 0.6) is 0 Å². The molecular formula is C25H33N5O4. The van der Waals surface area contributed by atoms with Gasteiger partial charge >= 0.3 is 12.0 Å². The van der Waals surface area contributed by atoms with E-state index in [0.717, 1.165) is 18.5 Å². The van der Waals surface area contributed by atoms with Crippen molar-refractivity contribution in [2.75, 3.05) is 32.8 Å².